The number of rotatable bonds is 9. The zero-order valence-corrected chi connectivity index (χ0v) is 15.1. The summed E-state index contributed by atoms with van der Waals surface area (Å²) >= 11 is 3.21. The topological polar surface area (TPSA) is 51.2 Å². The van der Waals surface area contributed by atoms with Gasteiger partial charge in [0.05, 0.1) is 18.7 Å². The van der Waals surface area contributed by atoms with Crippen molar-refractivity contribution in [2.75, 3.05) is 19.4 Å². The molecule has 0 saturated carbocycles. The summed E-state index contributed by atoms with van der Waals surface area (Å²) in [4.78, 5) is 17.4. The molecule has 6 heteroatoms. The first kappa shape index (κ1) is 18.0. The van der Waals surface area contributed by atoms with Gasteiger partial charge in [0.1, 0.15) is 4.34 Å². The number of carbonyl (C=O) groups excluding carboxylic acids is 1. The lowest BCUT2D eigenvalue weighted by atomic mass is 10.2. The molecule has 0 fully saturated rings. The Balaban J connectivity index is 1.58. The molecule has 1 aromatic heterocycles. The van der Waals surface area contributed by atoms with Crippen molar-refractivity contribution in [2.24, 2.45) is 0 Å². The highest BCUT2D eigenvalue weighted by Gasteiger charge is 2.11. The molecule has 0 unspecified atom stereocenters. The third kappa shape index (κ3) is 6.33. The van der Waals surface area contributed by atoms with Crippen molar-refractivity contribution in [3.63, 3.8) is 0 Å². The van der Waals surface area contributed by atoms with Gasteiger partial charge in [-0.15, -0.1) is 11.3 Å². The Kier molecular flexibility index (Phi) is 7.58. The van der Waals surface area contributed by atoms with Gasteiger partial charge in [-0.05, 0) is 25.2 Å². The van der Waals surface area contributed by atoms with Gasteiger partial charge in [-0.2, -0.15) is 0 Å². The largest absolute Gasteiger partial charge is 0.377 e. The van der Waals surface area contributed by atoms with Gasteiger partial charge >= 0.3 is 0 Å². The zero-order chi connectivity index (χ0) is 16.5. The summed E-state index contributed by atoms with van der Waals surface area (Å²) in [7, 11) is 0. The lowest BCUT2D eigenvalue weighted by Gasteiger charge is -2.06. The Morgan fingerprint density at radius 2 is 2.13 bits per heavy atom. The van der Waals surface area contributed by atoms with Crippen molar-refractivity contribution in [2.45, 2.75) is 30.7 Å². The van der Waals surface area contributed by atoms with Gasteiger partial charge in [-0.1, -0.05) is 42.1 Å². The molecule has 0 atom stereocenters. The first-order valence-corrected chi connectivity index (χ1v) is 9.62. The maximum Gasteiger partial charge on any atom is 0.225 e. The van der Waals surface area contributed by atoms with Crippen LogP contribution in [0.5, 0.6) is 0 Å². The first-order chi connectivity index (χ1) is 11.2. The number of nitrogens with one attached hydrogen (secondary N) is 1. The van der Waals surface area contributed by atoms with Gasteiger partial charge in [0, 0.05) is 18.0 Å². The molecular weight excluding hydrogens is 328 g/mol. The SMILES string of the molecule is CSc1nc(C)c(CC(=O)NCCCOCc2ccccc2)s1. The van der Waals surface area contributed by atoms with Gasteiger partial charge in [0.15, 0.2) is 0 Å². The molecule has 0 aliphatic rings. The second-order valence-corrected chi connectivity index (χ2v) is 7.25. The quantitative estimate of drug-likeness (QED) is 0.556. The fourth-order valence-corrected chi connectivity index (χ4v) is 3.68. The van der Waals surface area contributed by atoms with Gasteiger partial charge in [-0.25, -0.2) is 4.98 Å². The number of benzene rings is 1. The summed E-state index contributed by atoms with van der Waals surface area (Å²) in [5.41, 5.74) is 2.13. The van der Waals surface area contributed by atoms with Crippen LogP contribution in [0.3, 0.4) is 0 Å². The van der Waals surface area contributed by atoms with Crippen LogP contribution in [0.15, 0.2) is 34.7 Å². The number of hydrogen-bond acceptors (Lipinski definition) is 5. The van der Waals surface area contributed by atoms with Crippen LogP contribution in [0.2, 0.25) is 0 Å². The predicted octanol–water partition coefficient (Wildman–Crippen LogP) is 3.44. The fourth-order valence-electron chi connectivity index (χ4n) is 2.03. The summed E-state index contributed by atoms with van der Waals surface area (Å²) < 4.78 is 6.61. The van der Waals surface area contributed by atoms with Crippen molar-refractivity contribution in [1.82, 2.24) is 10.3 Å². The number of nitrogens with zero attached hydrogens (tertiary/aromatic N) is 1. The minimum Gasteiger partial charge on any atom is -0.377 e. The lowest BCUT2D eigenvalue weighted by Crippen LogP contribution is -2.26. The number of aryl methyl sites for hydroxylation is 1. The first-order valence-electron chi connectivity index (χ1n) is 7.57. The van der Waals surface area contributed by atoms with E-state index < -0.39 is 0 Å². The van der Waals surface area contributed by atoms with E-state index in [0.29, 0.717) is 26.2 Å². The van der Waals surface area contributed by atoms with Crippen LogP contribution in [-0.2, 0) is 22.6 Å². The molecule has 0 aliphatic carbocycles. The van der Waals surface area contributed by atoms with Crippen molar-refractivity contribution < 1.29 is 9.53 Å². The van der Waals surface area contributed by atoms with E-state index in [1.165, 1.54) is 5.56 Å². The number of carbonyl (C=O) groups is 1. The van der Waals surface area contributed by atoms with Crippen LogP contribution in [0, 0.1) is 6.92 Å². The Bertz CT molecular complexity index is 614. The maximum absolute atomic E-state index is 11.9. The van der Waals surface area contributed by atoms with Crippen LogP contribution in [0.1, 0.15) is 22.6 Å². The molecule has 2 rings (SSSR count). The molecule has 1 aromatic carbocycles. The normalized spacial score (nSPS) is 10.7. The molecule has 0 bridgehead atoms. The molecule has 0 aliphatic heterocycles. The second kappa shape index (κ2) is 9.70. The van der Waals surface area contributed by atoms with E-state index in [-0.39, 0.29) is 5.91 Å². The summed E-state index contributed by atoms with van der Waals surface area (Å²) in [5.74, 6) is 0.0486. The van der Waals surface area contributed by atoms with Crippen molar-refractivity contribution in [3.05, 3.63) is 46.5 Å². The van der Waals surface area contributed by atoms with Crippen LogP contribution >= 0.6 is 23.1 Å². The van der Waals surface area contributed by atoms with E-state index in [1.54, 1.807) is 23.1 Å². The lowest BCUT2D eigenvalue weighted by molar-refractivity contribution is -0.120. The van der Waals surface area contributed by atoms with E-state index in [9.17, 15) is 4.79 Å². The van der Waals surface area contributed by atoms with E-state index in [4.69, 9.17) is 4.74 Å². The number of aromatic nitrogens is 1. The molecule has 4 nitrogen and oxygen atoms in total. The molecule has 0 saturated heterocycles. The molecule has 2 aromatic rings. The molecule has 1 N–H and O–H groups in total. The highest BCUT2D eigenvalue weighted by atomic mass is 32.2. The van der Waals surface area contributed by atoms with Gasteiger partial charge < -0.3 is 10.1 Å². The van der Waals surface area contributed by atoms with Crippen molar-refractivity contribution in [1.29, 1.82) is 0 Å². The van der Waals surface area contributed by atoms with E-state index in [0.717, 1.165) is 21.3 Å². The molecule has 1 amide bonds. The second-order valence-electron chi connectivity index (χ2n) is 5.11. The Morgan fingerprint density at radius 1 is 1.35 bits per heavy atom. The standard InChI is InChI=1S/C17H22N2O2S2/c1-13-15(23-17(19-13)22-2)11-16(20)18-9-6-10-21-12-14-7-4-3-5-8-14/h3-5,7-8H,6,9-12H2,1-2H3,(H,18,20). The number of ether oxygens (including phenoxy) is 1. The Morgan fingerprint density at radius 3 is 2.83 bits per heavy atom. The monoisotopic (exact) mass is 350 g/mol. The maximum atomic E-state index is 11.9. The van der Waals surface area contributed by atoms with E-state index >= 15 is 0 Å². The molecule has 1 heterocycles. The van der Waals surface area contributed by atoms with E-state index in [2.05, 4.69) is 10.3 Å². The van der Waals surface area contributed by atoms with Crippen LogP contribution in [0.25, 0.3) is 0 Å². The summed E-state index contributed by atoms with van der Waals surface area (Å²) in [5, 5.41) is 2.94. The van der Waals surface area contributed by atoms with E-state index in [1.807, 2.05) is 43.5 Å². The highest BCUT2D eigenvalue weighted by molar-refractivity contribution is 8.00. The predicted molar refractivity (Wildman–Crippen MR) is 96.1 cm³/mol. The minimum atomic E-state index is 0.0486. The van der Waals surface area contributed by atoms with Crippen LogP contribution in [-0.4, -0.2) is 30.3 Å². The Hall–Kier alpha value is -1.37. The van der Waals surface area contributed by atoms with Crippen LogP contribution in [0.4, 0.5) is 0 Å². The Labute approximate surface area is 145 Å². The van der Waals surface area contributed by atoms with Gasteiger partial charge in [-0.3, -0.25) is 4.79 Å². The third-order valence-electron chi connectivity index (χ3n) is 3.27. The fraction of sp³-hybridized carbons (Fsp3) is 0.412. The molecule has 23 heavy (non-hydrogen) atoms. The number of hydrogen-bond donors (Lipinski definition) is 1. The van der Waals surface area contributed by atoms with Gasteiger partial charge in [0.25, 0.3) is 0 Å². The summed E-state index contributed by atoms with van der Waals surface area (Å²) in [6.07, 6.45) is 3.23. The zero-order valence-electron chi connectivity index (χ0n) is 13.5. The number of amides is 1. The number of thioether (sulfide) groups is 1. The number of thiazole rings is 1. The average Bonchev–Trinajstić information content (AvgIpc) is 2.92. The molecule has 0 spiro atoms. The smallest absolute Gasteiger partial charge is 0.225 e. The third-order valence-corrected chi connectivity index (χ3v) is 5.41. The molecule has 0 radical (unpaired) electrons. The van der Waals surface area contributed by atoms with Crippen molar-refractivity contribution >= 4 is 29.0 Å². The molecular formula is C17H22N2O2S2. The van der Waals surface area contributed by atoms with Gasteiger partial charge in [0.2, 0.25) is 5.91 Å². The summed E-state index contributed by atoms with van der Waals surface area (Å²) in [6.45, 7) is 3.86. The molecule has 124 valence electrons. The van der Waals surface area contributed by atoms with Crippen molar-refractivity contribution in [3.8, 4) is 0 Å². The average molecular weight is 351 g/mol. The minimum absolute atomic E-state index is 0.0486. The van der Waals surface area contributed by atoms with Crippen LogP contribution < -0.4 is 5.32 Å². The summed E-state index contributed by atoms with van der Waals surface area (Å²) in [6, 6.07) is 10.1. The highest BCUT2D eigenvalue weighted by Crippen LogP contribution is 2.25.